The van der Waals surface area contributed by atoms with Gasteiger partial charge in [-0.3, -0.25) is 0 Å². The van der Waals surface area contributed by atoms with Crippen molar-refractivity contribution < 1.29 is 4.92 Å². The predicted octanol–water partition coefficient (Wildman–Crippen LogP) is 1.49. The maximum atomic E-state index is 10.5. The molecule has 0 unspecified atom stereocenters. The first-order chi connectivity index (χ1) is 7.59. The first kappa shape index (κ1) is 11.1. The van der Waals surface area contributed by atoms with Gasteiger partial charge in [-0.05, 0) is 25.8 Å². The standard InChI is InChI=1S/C6H2Br2N6O2/c7-3-1-9-2-10-4(3)13-5(8)11-6(12-13)14(15)16/h1-2H. The Hall–Kier alpha value is -1.42. The number of nitro groups is 1. The van der Waals surface area contributed by atoms with E-state index >= 15 is 0 Å². The van der Waals surface area contributed by atoms with Crippen molar-refractivity contribution in [3.63, 3.8) is 0 Å². The lowest BCUT2D eigenvalue weighted by Gasteiger charge is -1.97. The van der Waals surface area contributed by atoms with E-state index in [0.717, 1.165) is 0 Å². The number of hydrogen-bond donors (Lipinski definition) is 0. The lowest BCUT2D eigenvalue weighted by Crippen LogP contribution is -2.02. The second-order valence-electron chi connectivity index (χ2n) is 2.54. The van der Waals surface area contributed by atoms with Gasteiger partial charge in [0.05, 0.1) is 4.47 Å². The van der Waals surface area contributed by atoms with Gasteiger partial charge < -0.3 is 10.1 Å². The fourth-order valence-corrected chi connectivity index (χ4v) is 1.75. The van der Waals surface area contributed by atoms with E-state index in [1.807, 2.05) is 0 Å². The Morgan fingerprint density at radius 2 is 2.19 bits per heavy atom. The summed E-state index contributed by atoms with van der Waals surface area (Å²) in [5.74, 6) is -0.139. The van der Waals surface area contributed by atoms with Gasteiger partial charge in [0.2, 0.25) is 0 Å². The van der Waals surface area contributed by atoms with Crippen LogP contribution in [0.25, 0.3) is 5.82 Å². The normalized spacial score (nSPS) is 10.4. The Kier molecular flexibility index (Phi) is 2.92. The molecule has 0 fully saturated rings. The Bertz CT molecular complexity index is 556. The lowest BCUT2D eigenvalue weighted by molar-refractivity contribution is -0.394. The maximum absolute atomic E-state index is 10.5. The molecule has 2 rings (SSSR count). The zero-order valence-corrected chi connectivity index (χ0v) is 10.6. The molecule has 2 aromatic rings. The van der Waals surface area contributed by atoms with Crippen LogP contribution >= 0.6 is 31.9 Å². The average Bonchev–Trinajstić information content (AvgIpc) is 2.61. The highest BCUT2D eigenvalue weighted by molar-refractivity contribution is 9.10. The van der Waals surface area contributed by atoms with Crippen molar-refractivity contribution in [1.29, 1.82) is 0 Å². The third-order valence-corrected chi connectivity index (χ3v) is 2.64. The molecule has 16 heavy (non-hydrogen) atoms. The van der Waals surface area contributed by atoms with Crippen molar-refractivity contribution in [2.45, 2.75) is 0 Å². The molecule has 0 spiro atoms. The highest BCUT2D eigenvalue weighted by Gasteiger charge is 2.22. The summed E-state index contributed by atoms with van der Waals surface area (Å²) < 4.78 is 1.94. The quantitative estimate of drug-likeness (QED) is 0.601. The molecule has 0 aliphatic carbocycles. The molecular weight excluding hydrogens is 348 g/mol. The molecule has 0 aliphatic heterocycles. The fraction of sp³-hybridized carbons (Fsp3) is 0. The van der Waals surface area contributed by atoms with Gasteiger partial charge in [0, 0.05) is 27.2 Å². The van der Waals surface area contributed by atoms with Gasteiger partial charge >= 0.3 is 5.95 Å². The molecule has 0 aromatic carbocycles. The minimum absolute atomic E-state index is 0.193. The van der Waals surface area contributed by atoms with Crippen molar-refractivity contribution in [1.82, 2.24) is 24.7 Å². The van der Waals surface area contributed by atoms with Gasteiger partial charge in [0.15, 0.2) is 5.82 Å². The average molecular weight is 350 g/mol. The summed E-state index contributed by atoms with van der Waals surface area (Å²) in [5, 5.41) is 14.2. The highest BCUT2D eigenvalue weighted by Crippen LogP contribution is 2.21. The van der Waals surface area contributed by atoms with Crippen LogP contribution < -0.4 is 0 Å². The molecule has 0 saturated carbocycles. The molecule has 0 N–H and O–H groups in total. The molecule has 0 atom stereocenters. The summed E-state index contributed by atoms with van der Waals surface area (Å²) in [5.41, 5.74) is 0. The Labute approximate surface area is 105 Å². The van der Waals surface area contributed by atoms with Crippen LogP contribution in [0.4, 0.5) is 5.95 Å². The van der Waals surface area contributed by atoms with E-state index in [9.17, 15) is 10.1 Å². The summed E-state index contributed by atoms with van der Waals surface area (Å²) in [4.78, 5) is 21.1. The SMILES string of the molecule is O=[N+]([O-])c1nc(Br)n(-c2ncncc2Br)n1. The van der Waals surface area contributed by atoms with Crippen LogP contribution in [0.3, 0.4) is 0 Å². The van der Waals surface area contributed by atoms with E-state index in [0.29, 0.717) is 10.3 Å². The molecule has 10 heteroatoms. The summed E-state index contributed by atoms with van der Waals surface area (Å²) in [6, 6.07) is 0. The Morgan fingerprint density at radius 1 is 1.44 bits per heavy atom. The van der Waals surface area contributed by atoms with Gasteiger partial charge in [-0.25, -0.2) is 9.97 Å². The molecule has 0 bridgehead atoms. The molecule has 2 heterocycles. The van der Waals surface area contributed by atoms with Crippen molar-refractivity contribution in [3.8, 4) is 5.82 Å². The smallest absolute Gasteiger partial charge is 0.390 e. The molecule has 8 nitrogen and oxygen atoms in total. The fourth-order valence-electron chi connectivity index (χ4n) is 0.957. The minimum atomic E-state index is -0.684. The molecule has 0 amide bonds. The lowest BCUT2D eigenvalue weighted by atomic mass is 10.6. The summed E-state index contributed by atoms with van der Waals surface area (Å²) in [6.45, 7) is 0. The van der Waals surface area contributed by atoms with Crippen molar-refractivity contribution in [2.24, 2.45) is 0 Å². The molecule has 2 aromatic heterocycles. The zero-order chi connectivity index (χ0) is 11.7. The minimum Gasteiger partial charge on any atom is -0.390 e. The van der Waals surface area contributed by atoms with Gasteiger partial charge in [-0.15, -0.1) is 4.68 Å². The van der Waals surface area contributed by atoms with Crippen molar-refractivity contribution >= 4 is 37.8 Å². The van der Waals surface area contributed by atoms with Crippen LogP contribution in [0, 0.1) is 10.1 Å². The largest absolute Gasteiger partial charge is 0.492 e. The van der Waals surface area contributed by atoms with E-state index < -0.39 is 10.9 Å². The number of halogens is 2. The van der Waals surface area contributed by atoms with Crippen LogP contribution in [0.1, 0.15) is 0 Å². The van der Waals surface area contributed by atoms with Crippen molar-refractivity contribution in [3.05, 3.63) is 31.8 Å². The highest BCUT2D eigenvalue weighted by atomic mass is 79.9. The first-order valence-corrected chi connectivity index (χ1v) is 5.41. The third-order valence-electron chi connectivity index (χ3n) is 1.57. The Balaban J connectivity index is 2.57. The van der Waals surface area contributed by atoms with E-state index in [2.05, 4.69) is 51.9 Å². The molecule has 0 aliphatic rings. The first-order valence-electron chi connectivity index (χ1n) is 3.82. The summed E-state index contributed by atoms with van der Waals surface area (Å²) in [6.07, 6.45) is 2.81. The van der Waals surface area contributed by atoms with Gasteiger partial charge in [0.25, 0.3) is 4.73 Å². The Morgan fingerprint density at radius 3 is 2.75 bits per heavy atom. The maximum Gasteiger partial charge on any atom is 0.492 e. The van der Waals surface area contributed by atoms with E-state index in [1.165, 1.54) is 17.2 Å². The number of aromatic nitrogens is 5. The van der Waals surface area contributed by atoms with Crippen LogP contribution in [-0.2, 0) is 0 Å². The van der Waals surface area contributed by atoms with Gasteiger partial charge in [0.1, 0.15) is 6.33 Å². The van der Waals surface area contributed by atoms with E-state index in [1.54, 1.807) is 0 Å². The van der Waals surface area contributed by atoms with Crippen molar-refractivity contribution in [2.75, 3.05) is 0 Å². The topological polar surface area (TPSA) is 99.6 Å². The van der Waals surface area contributed by atoms with E-state index in [4.69, 9.17) is 0 Å². The number of rotatable bonds is 2. The zero-order valence-electron chi connectivity index (χ0n) is 7.41. The monoisotopic (exact) mass is 348 g/mol. The van der Waals surface area contributed by atoms with Gasteiger partial charge in [-0.1, -0.05) is 0 Å². The third kappa shape index (κ3) is 1.93. The second-order valence-corrected chi connectivity index (χ2v) is 4.11. The van der Waals surface area contributed by atoms with E-state index in [-0.39, 0.29) is 4.73 Å². The van der Waals surface area contributed by atoms with Gasteiger partial charge in [-0.2, -0.15) is 0 Å². The predicted molar refractivity (Wildman–Crippen MR) is 59.0 cm³/mol. The van der Waals surface area contributed by atoms with Crippen LogP contribution in [0.5, 0.6) is 0 Å². The summed E-state index contributed by atoms with van der Waals surface area (Å²) in [7, 11) is 0. The van der Waals surface area contributed by atoms with Crippen LogP contribution in [-0.4, -0.2) is 29.7 Å². The van der Waals surface area contributed by atoms with Crippen LogP contribution in [0.15, 0.2) is 21.7 Å². The number of nitrogens with zero attached hydrogens (tertiary/aromatic N) is 6. The molecule has 0 saturated heterocycles. The number of hydrogen-bond acceptors (Lipinski definition) is 6. The summed E-state index contributed by atoms with van der Waals surface area (Å²) >= 11 is 6.27. The van der Waals surface area contributed by atoms with Crippen LogP contribution in [0.2, 0.25) is 0 Å². The second kappa shape index (κ2) is 4.22. The molecular formula is C6H2Br2N6O2. The molecule has 82 valence electrons. The molecule has 0 radical (unpaired) electrons.